The van der Waals surface area contributed by atoms with E-state index in [-0.39, 0.29) is 23.2 Å². The van der Waals surface area contributed by atoms with Crippen LogP contribution in [0.15, 0.2) is 0 Å². The van der Waals surface area contributed by atoms with Crippen LogP contribution in [0.1, 0.15) is 39.5 Å². The van der Waals surface area contributed by atoms with E-state index in [1.807, 2.05) is 0 Å². The minimum Gasteiger partial charge on any atom is -0.822 e. The fourth-order valence-corrected chi connectivity index (χ4v) is 5.72. The molecule has 4 nitrogen and oxygen atoms in total. The van der Waals surface area contributed by atoms with E-state index in [1.165, 1.54) is 25.7 Å². The smallest absolute Gasteiger partial charge is 0.159 e. The molecule has 0 spiro atoms. The van der Waals surface area contributed by atoms with E-state index in [9.17, 15) is 0 Å². The van der Waals surface area contributed by atoms with E-state index in [2.05, 4.69) is 13.8 Å². The largest absolute Gasteiger partial charge is 0.822 e. The third-order valence-electron chi connectivity index (χ3n) is 1.34. The van der Waals surface area contributed by atoms with Gasteiger partial charge in [-0.25, -0.2) is 0 Å². The van der Waals surface area contributed by atoms with Crippen LogP contribution in [0.5, 0.6) is 0 Å². The van der Waals surface area contributed by atoms with Gasteiger partial charge in [-0.3, -0.25) is 0 Å². The Balaban J connectivity index is 0. The van der Waals surface area contributed by atoms with Crippen molar-refractivity contribution in [1.82, 2.24) is 0 Å². The van der Waals surface area contributed by atoms with Gasteiger partial charge in [0.25, 0.3) is 0 Å². The van der Waals surface area contributed by atoms with Crippen LogP contribution >= 0.6 is 7.82 Å². The van der Waals surface area contributed by atoms with Crippen molar-refractivity contribution >= 4 is 31.1 Å². The Morgan fingerprint density at radius 2 is 1.29 bits per heavy atom. The normalized spacial score (nSPS) is 10.1. The second-order valence-electron chi connectivity index (χ2n) is 2.83. The van der Waals surface area contributed by atoms with Crippen LogP contribution in [0.3, 0.4) is 0 Å². The SMILES string of the molecule is CCC[CH2][Bi+3][CH2]CCC.O=P([O-])([O-])[O-]. The van der Waals surface area contributed by atoms with Crippen LogP contribution < -0.4 is 14.7 Å². The Labute approximate surface area is 97.9 Å². The standard InChI is InChI=1S/2C4H9.Bi.H3O4P/c2*1-3-4-2;;1-5(2,3)4/h2*1,3-4H2,2H3;;(H3,1,2,3,4)/q;;+3;/p-3. The molecule has 0 aromatic heterocycles. The number of unbranched alkanes of at least 4 members (excludes halogenated alkanes) is 2. The van der Waals surface area contributed by atoms with Crippen LogP contribution in [0.2, 0.25) is 8.26 Å². The summed E-state index contributed by atoms with van der Waals surface area (Å²) in [6.45, 7) is 4.59. The Morgan fingerprint density at radius 1 is 1.00 bits per heavy atom. The zero-order valence-electron chi connectivity index (χ0n) is 8.77. The molecule has 0 aromatic rings. The van der Waals surface area contributed by atoms with Gasteiger partial charge in [0.15, 0.2) is 0 Å². The second kappa shape index (κ2) is 12.1. The van der Waals surface area contributed by atoms with Crippen molar-refractivity contribution in [2.24, 2.45) is 0 Å². The molecular formula is C8H18BiO4P. The fourth-order valence-electron chi connectivity index (χ4n) is 0.652. The topological polar surface area (TPSA) is 86.2 Å². The van der Waals surface area contributed by atoms with Crippen LogP contribution in [-0.4, -0.2) is 23.2 Å². The summed E-state index contributed by atoms with van der Waals surface area (Å²) in [7, 11) is -5.39. The Bertz CT molecular complexity index is 134. The molecule has 0 saturated heterocycles. The molecule has 0 rings (SSSR count). The molecule has 0 heterocycles. The monoisotopic (exact) mass is 418 g/mol. The van der Waals surface area contributed by atoms with Crippen molar-refractivity contribution < 1.29 is 19.2 Å². The minimum atomic E-state index is -5.39. The molecule has 0 aromatic carbocycles. The van der Waals surface area contributed by atoms with Gasteiger partial charge < -0.3 is 19.2 Å². The quantitative estimate of drug-likeness (QED) is 0.353. The maximum Gasteiger partial charge on any atom is -0.159 e. The van der Waals surface area contributed by atoms with Crippen molar-refractivity contribution in [3.8, 4) is 0 Å². The molecule has 0 bridgehead atoms. The predicted octanol–water partition coefficient (Wildman–Crippen LogP) is 0.303. The van der Waals surface area contributed by atoms with Gasteiger partial charge in [-0.15, -0.1) is 0 Å². The van der Waals surface area contributed by atoms with E-state index in [4.69, 9.17) is 19.2 Å². The number of hydrogen-bond acceptors (Lipinski definition) is 4. The summed E-state index contributed by atoms with van der Waals surface area (Å²) in [6.07, 6.45) is 5.85. The Morgan fingerprint density at radius 3 is 1.50 bits per heavy atom. The molecule has 0 aliphatic rings. The van der Waals surface area contributed by atoms with Gasteiger partial charge in [0.05, 0.1) is 0 Å². The minimum absolute atomic E-state index is 0.0681. The van der Waals surface area contributed by atoms with Gasteiger partial charge in [0.2, 0.25) is 0 Å². The van der Waals surface area contributed by atoms with Crippen molar-refractivity contribution in [3.63, 3.8) is 0 Å². The van der Waals surface area contributed by atoms with E-state index >= 15 is 0 Å². The summed E-state index contributed by atoms with van der Waals surface area (Å²) < 4.78 is 11.8. The Kier molecular flexibility index (Phi) is 15.0. The molecule has 0 unspecified atom stereocenters. The van der Waals surface area contributed by atoms with Gasteiger partial charge in [0.1, 0.15) is 0 Å². The van der Waals surface area contributed by atoms with Crippen LogP contribution in [-0.2, 0) is 4.57 Å². The zero-order valence-corrected chi connectivity index (χ0v) is 13.1. The summed E-state index contributed by atoms with van der Waals surface area (Å²) in [6, 6.07) is 0. The van der Waals surface area contributed by atoms with Crippen LogP contribution in [0.4, 0.5) is 0 Å². The maximum atomic E-state index is 8.55. The first-order valence-electron chi connectivity index (χ1n) is 4.78. The van der Waals surface area contributed by atoms with Gasteiger partial charge in [-0.05, 0) is 0 Å². The van der Waals surface area contributed by atoms with Crippen LogP contribution in [0, 0.1) is 0 Å². The molecule has 0 aliphatic carbocycles. The van der Waals surface area contributed by atoms with Crippen molar-refractivity contribution in [2.75, 3.05) is 0 Å². The number of phosphoric acid groups is 1. The molecule has 0 fully saturated rings. The molecule has 0 saturated carbocycles. The molecular weight excluding hydrogens is 400 g/mol. The number of rotatable bonds is 6. The van der Waals surface area contributed by atoms with Crippen molar-refractivity contribution in [1.29, 1.82) is 0 Å². The molecule has 84 valence electrons. The first-order chi connectivity index (χ1) is 6.41. The molecule has 0 aliphatic heterocycles. The van der Waals surface area contributed by atoms with Gasteiger partial charge >= 0.3 is 71.0 Å². The molecule has 0 radical (unpaired) electrons. The van der Waals surface area contributed by atoms with Crippen LogP contribution in [0.25, 0.3) is 0 Å². The van der Waals surface area contributed by atoms with E-state index < -0.39 is 7.82 Å². The average Bonchev–Trinajstić information content (AvgIpc) is 2.01. The Hall–Kier alpha value is 0.993. The van der Waals surface area contributed by atoms with Crippen molar-refractivity contribution in [3.05, 3.63) is 0 Å². The molecule has 0 atom stereocenters. The molecule has 6 heteroatoms. The fraction of sp³-hybridized carbons (Fsp3) is 1.00. The third kappa shape index (κ3) is 38.2. The average molecular weight is 418 g/mol. The summed E-state index contributed by atoms with van der Waals surface area (Å²) in [5.41, 5.74) is 0. The third-order valence-corrected chi connectivity index (χ3v) is 6.26. The maximum absolute atomic E-state index is 8.55. The first-order valence-corrected chi connectivity index (χ1v) is 11.2. The molecule has 0 amide bonds. The predicted molar refractivity (Wildman–Crippen MR) is 52.8 cm³/mol. The van der Waals surface area contributed by atoms with Gasteiger partial charge in [0, 0.05) is 0 Å². The number of hydrogen-bond donors (Lipinski definition) is 0. The van der Waals surface area contributed by atoms with E-state index in [0.717, 1.165) is 0 Å². The summed E-state index contributed by atoms with van der Waals surface area (Å²) in [5, 5.41) is 0. The summed E-state index contributed by atoms with van der Waals surface area (Å²) in [4.78, 5) is 25.6. The summed E-state index contributed by atoms with van der Waals surface area (Å²) >= 11 is 0.0681. The summed E-state index contributed by atoms with van der Waals surface area (Å²) in [5.74, 6) is 0. The van der Waals surface area contributed by atoms with Gasteiger partial charge in [-0.1, -0.05) is 0 Å². The van der Waals surface area contributed by atoms with E-state index in [1.54, 1.807) is 8.26 Å². The first kappa shape index (κ1) is 17.4. The second-order valence-corrected chi connectivity index (χ2v) is 8.94. The molecule has 14 heavy (non-hydrogen) atoms. The zero-order chi connectivity index (χ0) is 11.4. The van der Waals surface area contributed by atoms with Gasteiger partial charge in [-0.2, -0.15) is 7.82 Å². The molecule has 0 N–H and O–H groups in total. The van der Waals surface area contributed by atoms with Crippen molar-refractivity contribution in [2.45, 2.75) is 47.8 Å². The van der Waals surface area contributed by atoms with E-state index in [0.29, 0.717) is 0 Å².